The third kappa shape index (κ3) is 5.60. The Morgan fingerprint density at radius 3 is 2.21 bits per heavy atom. The molecule has 4 N–H and O–H groups in total. The van der Waals surface area contributed by atoms with Crippen LogP contribution in [0.15, 0.2) is 42.5 Å². The molecule has 0 saturated heterocycles. The summed E-state index contributed by atoms with van der Waals surface area (Å²) in [5, 5.41) is 13.0. The lowest BCUT2D eigenvalue weighted by molar-refractivity contribution is -0.137. The molecule has 2 atom stereocenters. The van der Waals surface area contributed by atoms with Crippen LogP contribution in [0.25, 0.3) is 0 Å². The van der Waals surface area contributed by atoms with Crippen LogP contribution in [0.1, 0.15) is 22.8 Å². The quantitative estimate of drug-likeness (QED) is 0.651. The van der Waals surface area contributed by atoms with E-state index in [1.807, 2.05) is 0 Å². The van der Waals surface area contributed by atoms with Gasteiger partial charge in [0.1, 0.15) is 6.04 Å². The number of carbonyl (C=O) groups is 2. The van der Waals surface area contributed by atoms with Gasteiger partial charge in [0.05, 0.1) is 5.56 Å². The van der Waals surface area contributed by atoms with Gasteiger partial charge >= 0.3 is 6.18 Å². The molecule has 0 spiro atoms. The molecule has 2 aromatic carbocycles. The fraction of sp³-hybridized carbons (Fsp3) is 0.222. The molecule has 0 radical (unpaired) electrons. The maximum atomic E-state index is 12.6. The SMILES string of the molecule is NC(=O)[C@@H](Cc1ccc(Cl)cc1Cl)NC(=O)[C@@H](O)c1ccc(C(F)(F)F)cc1. The summed E-state index contributed by atoms with van der Waals surface area (Å²) in [7, 11) is 0. The van der Waals surface area contributed by atoms with Crippen molar-refractivity contribution in [1.82, 2.24) is 5.32 Å². The Bertz CT molecular complexity index is 873. The molecule has 2 rings (SSSR count). The Kier molecular flexibility index (Phi) is 6.92. The lowest BCUT2D eigenvalue weighted by Crippen LogP contribution is -2.47. The number of rotatable bonds is 6. The molecule has 0 aliphatic rings. The standard InChI is InChI=1S/C18H15Cl2F3N2O3/c19-12-6-3-10(13(20)8-12)7-14(16(24)27)25-17(28)15(26)9-1-4-11(5-2-9)18(21,22)23/h1-6,8,14-15,26H,7H2,(H2,24,27)(H,25,28)/t14-,15+/m1/s1. The number of aliphatic hydroxyl groups excluding tert-OH is 1. The van der Waals surface area contributed by atoms with E-state index in [0.717, 1.165) is 24.3 Å². The number of amides is 2. The van der Waals surface area contributed by atoms with Crippen LogP contribution in [0.4, 0.5) is 13.2 Å². The van der Waals surface area contributed by atoms with Gasteiger partial charge in [0.15, 0.2) is 6.10 Å². The molecular weight excluding hydrogens is 420 g/mol. The fourth-order valence-electron chi connectivity index (χ4n) is 2.39. The Morgan fingerprint density at radius 2 is 1.71 bits per heavy atom. The third-order valence-electron chi connectivity index (χ3n) is 3.90. The second-order valence-electron chi connectivity index (χ2n) is 5.93. The normalized spacial score (nSPS) is 13.6. The van der Waals surface area contributed by atoms with E-state index < -0.39 is 35.7 Å². The molecule has 10 heteroatoms. The van der Waals surface area contributed by atoms with Crippen LogP contribution in [0, 0.1) is 0 Å². The minimum absolute atomic E-state index is 0.0587. The van der Waals surface area contributed by atoms with Gasteiger partial charge < -0.3 is 16.2 Å². The number of benzene rings is 2. The lowest BCUT2D eigenvalue weighted by Gasteiger charge is -2.19. The van der Waals surface area contributed by atoms with Crippen LogP contribution in [-0.4, -0.2) is 23.0 Å². The molecule has 150 valence electrons. The Morgan fingerprint density at radius 1 is 1.11 bits per heavy atom. The number of primary amides is 1. The summed E-state index contributed by atoms with van der Waals surface area (Å²) in [5.41, 5.74) is 4.78. The summed E-state index contributed by atoms with van der Waals surface area (Å²) >= 11 is 11.8. The first-order valence-corrected chi connectivity index (χ1v) is 8.63. The van der Waals surface area contributed by atoms with Crippen molar-refractivity contribution in [2.45, 2.75) is 24.7 Å². The number of hydrogen-bond donors (Lipinski definition) is 3. The average molecular weight is 435 g/mol. The highest BCUT2D eigenvalue weighted by Crippen LogP contribution is 2.30. The molecule has 0 unspecified atom stereocenters. The van der Waals surface area contributed by atoms with Gasteiger partial charge in [-0.2, -0.15) is 13.2 Å². The second-order valence-corrected chi connectivity index (χ2v) is 6.77. The summed E-state index contributed by atoms with van der Waals surface area (Å²) in [6.45, 7) is 0. The van der Waals surface area contributed by atoms with Gasteiger partial charge in [-0.3, -0.25) is 9.59 Å². The molecule has 5 nitrogen and oxygen atoms in total. The zero-order chi connectivity index (χ0) is 21.1. The largest absolute Gasteiger partial charge is 0.416 e. The van der Waals surface area contributed by atoms with E-state index >= 15 is 0 Å². The summed E-state index contributed by atoms with van der Waals surface area (Å²) < 4.78 is 37.8. The van der Waals surface area contributed by atoms with E-state index in [9.17, 15) is 27.9 Å². The third-order valence-corrected chi connectivity index (χ3v) is 4.49. The number of hydrogen-bond acceptors (Lipinski definition) is 3. The van der Waals surface area contributed by atoms with Gasteiger partial charge in [-0.15, -0.1) is 0 Å². The van der Waals surface area contributed by atoms with Crippen LogP contribution in [0.5, 0.6) is 0 Å². The second kappa shape index (κ2) is 8.81. The molecule has 0 aliphatic carbocycles. The molecule has 28 heavy (non-hydrogen) atoms. The van der Waals surface area contributed by atoms with E-state index in [0.29, 0.717) is 10.6 Å². The average Bonchev–Trinajstić information content (AvgIpc) is 2.61. The molecule has 0 aliphatic heterocycles. The minimum atomic E-state index is -4.54. The van der Waals surface area contributed by atoms with Crippen LogP contribution in [0.3, 0.4) is 0 Å². The predicted octanol–water partition coefficient (Wildman–Crippen LogP) is 3.26. The number of halogens is 5. The number of nitrogens with two attached hydrogens (primary N) is 1. The Labute approximate surface area is 168 Å². The van der Waals surface area contributed by atoms with Crippen molar-refractivity contribution < 1.29 is 27.9 Å². The van der Waals surface area contributed by atoms with Gasteiger partial charge in [0, 0.05) is 16.5 Å². The Hall–Kier alpha value is -2.29. The first kappa shape index (κ1) is 22.0. The highest BCUT2D eigenvalue weighted by atomic mass is 35.5. The molecule has 0 heterocycles. The van der Waals surface area contributed by atoms with Crippen LogP contribution >= 0.6 is 23.2 Å². The highest BCUT2D eigenvalue weighted by molar-refractivity contribution is 6.35. The molecule has 0 aromatic heterocycles. The van der Waals surface area contributed by atoms with E-state index in [-0.39, 0.29) is 17.0 Å². The van der Waals surface area contributed by atoms with Gasteiger partial charge in [0.25, 0.3) is 5.91 Å². The van der Waals surface area contributed by atoms with Crippen molar-refractivity contribution in [2.24, 2.45) is 5.73 Å². The maximum absolute atomic E-state index is 12.6. The fourth-order valence-corrected chi connectivity index (χ4v) is 2.87. The smallest absolute Gasteiger partial charge is 0.378 e. The van der Waals surface area contributed by atoms with Crippen LogP contribution in [0.2, 0.25) is 10.0 Å². The monoisotopic (exact) mass is 434 g/mol. The Balaban J connectivity index is 2.11. The van der Waals surface area contributed by atoms with Crippen molar-refractivity contribution in [3.05, 3.63) is 69.2 Å². The molecule has 0 saturated carbocycles. The predicted molar refractivity (Wildman–Crippen MR) is 97.7 cm³/mol. The number of nitrogens with one attached hydrogen (secondary N) is 1. The zero-order valence-corrected chi connectivity index (χ0v) is 15.6. The summed E-state index contributed by atoms with van der Waals surface area (Å²) in [6, 6.07) is 6.78. The van der Waals surface area contributed by atoms with Gasteiger partial charge in [-0.25, -0.2) is 0 Å². The topological polar surface area (TPSA) is 92.4 Å². The van der Waals surface area contributed by atoms with Crippen molar-refractivity contribution in [1.29, 1.82) is 0 Å². The zero-order valence-electron chi connectivity index (χ0n) is 14.1. The van der Waals surface area contributed by atoms with Crippen molar-refractivity contribution in [3.8, 4) is 0 Å². The lowest BCUT2D eigenvalue weighted by atomic mass is 10.0. The van der Waals surface area contributed by atoms with Crippen LogP contribution < -0.4 is 11.1 Å². The molecule has 0 bridgehead atoms. The molecule has 2 aromatic rings. The first-order chi connectivity index (χ1) is 13.0. The number of alkyl halides is 3. The minimum Gasteiger partial charge on any atom is -0.378 e. The highest BCUT2D eigenvalue weighted by Gasteiger charge is 2.31. The van der Waals surface area contributed by atoms with Gasteiger partial charge in [0.2, 0.25) is 5.91 Å². The summed E-state index contributed by atoms with van der Waals surface area (Å²) in [4.78, 5) is 23.9. The van der Waals surface area contributed by atoms with E-state index in [2.05, 4.69) is 5.32 Å². The summed E-state index contributed by atoms with van der Waals surface area (Å²) in [6.07, 6.45) is -6.39. The van der Waals surface area contributed by atoms with E-state index in [1.165, 1.54) is 6.07 Å². The van der Waals surface area contributed by atoms with E-state index in [4.69, 9.17) is 28.9 Å². The number of aliphatic hydroxyl groups is 1. The maximum Gasteiger partial charge on any atom is 0.416 e. The van der Waals surface area contributed by atoms with Gasteiger partial charge in [-0.1, -0.05) is 41.4 Å². The number of carbonyl (C=O) groups excluding carboxylic acids is 2. The van der Waals surface area contributed by atoms with Crippen molar-refractivity contribution in [2.75, 3.05) is 0 Å². The van der Waals surface area contributed by atoms with Crippen molar-refractivity contribution in [3.63, 3.8) is 0 Å². The summed E-state index contributed by atoms with van der Waals surface area (Å²) in [5.74, 6) is -1.87. The van der Waals surface area contributed by atoms with E-state index in [1.54, 1.807) is 12.1 Å². The van der Waals surface area contributed by atoms with Gasteiger partial charge in [-0.05, 0) is 35.4 Å². The van der Waals surface area contributed by atoms with Crippen LogP contribution in [-0.2, 0) is 22.2 Å². The first-order valence-electron chi connectivity index (χ1n) is 7.88. The molecular formula is C18H15Cl2F3N2O3. The van der Waals surface area contributed by atoms with Crippen molar-refractivity contribution >= 4 is 35.0 Å². The molecule has 2 amide bonds. The molecule has 0 fully saturated rings.